The molecule has 3 N–H and O–H groups in total. The van der Waals surface area contributed by atoms with Crippen LogP contribution in [0.25, 0.3) is 6.08 Å². The van der Waals surface area contributed by atoms with Crippen LogP contribution in [0.4, 0.5) is 10.1 Å². The lowest BCUT2D eigenvalue weighted by Gasteiger charge is -2.06. The predicted molar refractivity (Wildman–Crippen MR) is 91.7 cm³/mol. The van der Waals surface area contributed by atoms with E-state index in [1.54, 1.807) is 18.2 Å². The van der Waals surface area contributed by atoms with Crippen molar-refractivity contribution >= 4 is 23.6 Å². The van der Waals surface area contributed by atoms with Crippen molar-refractivity contribution in [3.05, 3.63) is 59.9 Å². The van der Waals surface area contributed by atoms with E-state index >= 15 is 0 Å². The maximum Gasteiger partial charge on any atom is 0.244 e. The fraction of sp³-hybridized carbons (Fsp3) is 0.111. The van der Waals surface area contributed by atoms with Crippen LogP contribution in [-0.2, 0) is 9.59 Å². The van der Waals surface area contributed by atoms with E-state index in [1.807, 2.05) is 0 Å². The predicted octanol–water partition coefficient (Wildman–Crippen LogP) is 2.31. The highest BCUT2D eigenvalue weighted by Crippen LogP contribution is 2.26. The number of rotatable bonds is 6. The Kier molecular flexibility index (Phi) is 6.11. The van der Waals surface area contributed by atoms with E-state index in [4.69, 9.17) is 4.74 Å². The van der Waals surface area contributed by atoms with Gasteiger partial charge in [0.25, 0.3) is 0 Å². The summed E-state index contributed by atoms with van der Waals surface area (Å²) in [6.07, 6.45) is 2.77. The van der Waals surface area contributed by atoms with E-state index < -0.39 is 17.6 Å². The van der Waals surface area contributed by atoms with E-state index in [9.17, 15) is 19.1 Å². The Balaban J connectivity index is 1.84. The lowest BCUT2D eigenvalue weighted by molar-refractivity contribution is -0.121. The van der Waals surface area contributed by atoms with Gasteiger partial charge in [0.1, 0.15) is 5.82 Å². The summed E-state index contributed by atoms with van der Waals surface area (Å²) < 4.78 is 18.0. The number of hydrogen-bond acceptors (Lipinski definition) is 4. The van der Waals surface area contributed by atoms with Crippen LogP contribution in [0.3, 0.4) is 0 Å². The fourth-order valence-electron chi connectivity index (χ4n) is 1.97. The number of nitrogens with one attached hydrogen (secondary N) is 2. The molecule has 0 aliphatic heterocycles. The van der Waals surface area contributed by atoms with Gasteiger partial charge in [-0.15, -0.1) is 0 Å². The zero-order valence-corrected chi connectivity index (χ0v) is 13.5. The van der Waals surface area contributed by atoms with E-state index in [2.05, 4.69) is 10.6 Å². The van der Waals surface area contributed by atoms with Gasteiger partial charge in [-0.3, -0.25) is 9.59 Å². The van der Waals surface area contributed by atoms with Crippen LogP contribution in [0.1, 0.15) is 5.56 Å². The minimum absolute atomic E-state index is 0.00174. The highest BCUT2D eigenvalue weighted by atomic mass is 19.1. The largest absolute Gasteiger partial charge is 0.504 e. The first-order valence-electron chi connectivity index (χ1n) is 7.36. The molecule has 2 rings (SSSR count). The molecule has 2 amide bonds. The molecule has 0 spiro atoms. The quantitative estimate of drug-likeness (QED) is 0.702. The Morgan fingerprint density at radius 2 is 2.04 bits per heavy atom. The number of ether oxygens (including phenoxy) is 1. The Labute approximate surface area is 143 Å². The van der Waals surface area contributed by atoms with Gasteiger partial charge in [-0.1, -0.05) is 12.1 Å². The molecular weight excluding hydrogens is 327 g/mol. The van der Waals surface area contributed by atoms with Crippen LogP contribution in [0, 0.1) is 5.82 Å². The topological polar surface area (TPSA) is 87.7 Å². The molecule has 2 aromatic carbocycles. The van der Waals surface area contributed by atoms with E-state index in [-0.39, 0.29) is 18.0 Å². The zero-order chi connectivity index (χ0) is 18.2. The average Bonchev–Trinajstić information content (AvgIpc) is 2.59. The number of benzene rings is 2. The molecule has 0 aliphatic carbocycles. The van der Waals surface area contributed by atoms with Crippen molar-refractivity contribution in [2.24, 2.45) is 0 Å². The molecule has 0 unspecified atom stereocenters. The van der Waals surface area contributed by atoms with Crippen molar-refractivity contribution in [2.75, 3.05) is 19.0 Å². The smallest absolute Gasteiger partial charge is 0.244 e. The molecule has 25 heavy (non-hydrogen) atoms. The summed E-state index contributed by atoms with van der Waals surface area (Å²) in [4.78, 5) is 23.4. The molecule has 0 fully saturated rings. The summed E-state index contributed by atoms with van der Waals surface area (Å²) in [5.74, 6) is -1.12. The molecule has 0 bridgehead atoms. The number of carbonyl (C=O) groups excluding carboxylic acids is 2. The Morgan fingerprint density at radius 1 is 1.24 bits per heavy atom. The Bertz CT molecular complexity index is 805. The summed E-state index contributed by atoms with van der Waals surface area (Å²) in [7, 11) is 1.42. The third-order valence-corrected chi connectivity index (χ3v) is 3.16. The maximum atomic E-state index is 13.0. The molecule has 2 aromatic rings. The van der Waals surface area contributed by atoms with Crippen LogP contribution >= 0.6 is 0 Å². The van der Waals surface area contributed by atoms with Gasteiger partial charge in [0.15, 0.2) is 11.5 Å². The van der Waals surface area contributed by atoms with Gasteiger partial charge in [0.05, 0.1) is 13.7 Å². The molecule has 130 valence electrons. The van der Waals surface area contributed by atoms with Gasteiger partial charge >= 0.3 is 0 Å². The summed E-state index contributed by atoms with van der Waals surface area (Å²) in [5.41, 5.74) is 0.958. The zero-order valence-electron chi connectivity index (χ0n) is 13.5. The number of hydrogen-bond donors (Lipinski definition) is 3. The standard InChI is InChI=1S/C18H17FN2O4/c1-25-16-9-12(5-7-15(16)22)6-8-17(23)20-11-18(24)21-14-4-2-3-13(19)10-14/h2-10,22H,11H2,1H3,(H,20,23)(H,21,24)/b8-6+. The van der Waals surface area contributed by atoms with Crippen molar-refractivity contribution in [3.8, 4) is 11.5 Å². The molecule has 0 heterocycles. The highest BCUT2D eigenvalue weighted by Gasteiger charge is 2.05. The van der Waals surface area contributed by atoms with Gasteiger partial charge in [0.2, 0.25) is 11.8 Å². The normalized spacial score (nSPS) is 10.5. The molecule has 0 aromatic heterocycles. The van der Waals surface area contributed by atoms with Crippen molar-refractivity contribution in [1.29, 1.82) is 0 Å². The number of methoxy groups -OCH3 is 1. The third-order valence-electron chi connectivity index (χ3n) is 3.16. The Morgan fingerprint density at radius 3 is 2.76 bits per heavy atom. The van der Waals surface area contributed by atoms with Crippen LogP contribution < -0.4 is 15.4 Å². The summed E-state index contributed by atoms with van der Waals surface area (Å²) in [6.45, 7) is -0.251. The molecule has 6 nitrogen and oxygen atoms in total. The van der Waals surface area contributed by atoms with Crippen molar-refractivity contribution in [3.63, 3.8) is 0 Å². The van der Waals surface area contributed by atoms with E-state index in [0.717, 1.165) is 0 Å². The van der Waals surface area contributed by atoms with Crippen LogP contribution in [0.5, 0.6) is 11.5 Å². The summed E-state index contributed by atoms with van der Waals surface area (Å²) in [5, 5.41) is 14.4. The van der Waals surface area contributed by atoms with Crippen LogP contribution in [-0.4, -0.2) is 30.6 Å². The summed E-state index contributed by atoms with van der Waals surface area (Å²) >= 11 is 0. The van der Waals surface area contributed by atoms with Crippen LogP contribution in [0.15, 0.2) is 48.5 Å². The molecule has 0 aliphatic rings. The van der Waals surface area contributed by atoms with E-state index in [1.165, 1.54) is 43.5 Å². The van der Waals surface area contributed by atoms with Gasteiger partial charge in [0, 0.05) is 11.8 Å². The number of amides is 2. The second-order valence-electron chi connectivity index (χ2n) is 5.04. The van der Waals surface area contributed by atoms with Crippen LogP contribution in [0.2, 0.25) is 0 Å². The minimum atomic E-state index is -0.473. The van der Waals surface area contributed by atoms with Gasteiger partial charge in [-0.05, 0) is 42.0 Å². The maximum absolute atomic E-state index is 13.0. The van der Waals surface area contributed by atoms with Gasteiger partial charge < -0.3 is 20.5 Å². The third kappa shape index (κ3) is 5.65. The SMILES string of the molecule is COc1cc(/C=C/C(=O)NCC(=O)Nc2cccc(F)c2)ccc1O. The molecule has 7 heteroatoms. The summed E-state index contributed by atoms with van der Waals surface area (Å²) in [6, 6.07) is 10.1. The fourth-order valence-corrected chi connectivity index (χ4v) is 1.97. The number of phenolic OH excluding ortho intramolecular Hbond substituents is 1. The van der Waals surface area contributed by atoms with Crippen molar-refractivity contribution in [2.45, 2.75) is 0 Å². The molecule has 0 radical (unpaired) electrons. The van der Waals surface area contributed by atoms with Gasteiger partial charge in [-0.25, -0.2) is 4.39 Å². The first-order valence-corrected chi connectivity index (χ1v) is 7.36. The highest BCUT2D eigenvalue weighted by molar-refractivity contribution is 5.98. The number of aromatic hydroxyl groups is 1. The number of anilines is 1. The van der Waals surface area contributed by atoms with Gasteiger partial charge in [-0.2, -0.15) is 0 Å². The molecule has 0 saturated carbocycles. The lowest BCUT2D eigenvalue weighted by Crippen LogP contribution is -2.31. The molecule has 0 saturated heterocycles. The lowest BCUT2D eigenvalue weighted by atomic mass is 10.2. The first-order chi connectivity index (χ1) is 12.0. The number of phenols is 1. The van der Waals surface area contributed by atoms with E-state index in [0.29, 0.717) is 11.3 Å². The number of halogens is 1. The first kappa shape index (κ1) is 18.0. The molecular formula is C18H17FN2O4. The second-order valence-corrected chi connectivity index (χ2v) is 5.04. The molecule has 0 atom stereocenters. The average molecular weight is 344 g/mol. The number of carbonyl (C=O) groups is 2. The Hall–Kier alpha value is -3.35. The minimum Gasteiger partial charge on any atom is -0.504 e. The monoisotopic (exact) mass is 344 g/mol. The van der Waals surface area contributed by atoms with Crippen molar-refractivity contribution in [1.82, 2.24) is 5.32 Å². The second kappa shape index (κ2) is 8.49. The van der Waals surface area contributed by atoms with Crippen molar-refractivity contribution < 1.29 is 23.8 Å².